The second-order valence-corrected chi connectivity index (χ2v) is 5.26. The van der Waals surface area contributed by atoms with Crippen LogP contribution < -0.4 is 5.32 Å². The molecule has 0 bridgehead atoms. The third-order valence-electron chi connectivity index (χ3n) is 3.57. The first-order chi connectivity index (χ1) is 8.56. The monoisotopic (exact) mass is 248 g/mol. The van der Waals surface area contributed by atoms with Gasteiger partial charge in [0.15, 0.2) is 0 Å². The van der Waals surface area contributed by atoms with Crippen molar-refractivity contribution in [1.82, 2.24) is 0 Å². The molecule has 2 rings (SSSR count). The lowest BCUT2D eigenvalue weighted by Crippen LogP contribution is -2.41. The van der Waals surface area contributed by atoms with Crippen LogP contribution in [0.15, 0.2) is 18.2 Å². The fourth-order valence-corrected chi connectivity index (χ4v) is 2.80. The van der Waals surface area contributed by atoms with Crippen LogP contribution in [0.25, 0.3) is 0 Å². The third kappa shape index (κ3) is 3.00. The summed E-state index contributed by atoms with van der Waals surface area (Å²) in [5.41, 5.74) is 3.38. The minimum Gasteiger partial charge on any atom is -0.376 e. The minimum atomic E-state index is -0.445. The number of aryl methyl sites for hydroxylation is 2. The van der Waals surface area contributed by atoms with Crippen LogP contribution in [-0.2, 0) is 0 Å². The zero-order valence-corrected chi connectivity index (χ0v) is 11.0. The van der Waals surface area contributed by atoms with Crippen molar-refractivity contribution in [2.75, 3.05) is 5.32 Å². The largest absolute Gasteiger partial charge is 0.376 e. The molecule has 0 unspecified atom stereocenters. The van der Waals surface area contributed by atoms with Gasteiger partial charge < -0.3 is 5.32 Å². The Bertz CT molecular complexity index is 425. The van der Waals surface area contributed by atoms with Crippen molar-refractivity contribution in [2.45, 2.75) is 51.6 Å². The molecular weight excluding hydrogens is 228 g/mol. The number of anilines is 1. The Balaban J connectivity index is 2.13. The van der Waals surface area contributed by atoms with E-state index in [0.717, 1.165) is 24.9 Å². The topological polar surface area (TPSA) is 55.2 Å². The van der Waals surface area contributed by atoms with E-state index in [-0.39, 0.29) is 11.0 Å². The molecule has 98 valence electrons. The van der Waals surface area contributed by atoms with Crippen LogP contribution in [-0.4, -0.2) is 17.0 Å². The molecule has 18 heavy (non-hydrogen) atoms. The van der Waals surface area contributed by atoms with Crippen LogP contribution in [0.4, 0.5) is 5.69 Å². The maximum Gasteiger partial charge on any atom is 0.232 e. The van der Waals surface area contributed by atoms with Gasteiger partial charge in [-0.2, -0.15) is 0 Å². The Labute approximate surface area is 108 Å². The van der Waals surface area contributed by atoms with Gasteiger partial charge in [-0.1, -0.05) is 12.5 Å². The smallest absolute Gasteiger partial charge is 0.232 e. The second kappa shape index (κ2) is 5.38. The molecule has 0 spiro atoms. The fourth-order valence-electron chi connectivity index (χ4n) is 2.80. The maximum absolute atomic E-state index is 11.1. The average molecular weight is 248 g/mol. The summed E-state index contributed by atoms with van der Waals surface area (Å²) in [6.45, 7) is 4.09. The zero-order valence-electron chi connectivity index (χ0n) is 11.0. The molecule has 1 aromatic carbocycles. The number of nitrogens with zero attached hydrogens (tertiary/aromatic N) is 1. The Kier molecular flexibility index (Phi) is 3.84. The molecule has 0 heterocycles. The van der Waals surface area contributed by atoms with E-state index in [1.165, 1.54) is 11.1 Å². The van der Waals surface area contributed by atoms with E-state index in [2.05, 4.69) is 23.5 Å². The molecule has 1 aliphatic carbocycles. The Morgan fingerprint density at radius 2 is 1.78 bits per heavy atom. The van der Waals surface area contributed by atoms with Gasteiger partial charge in [-0.05, 0) is 49.9 Å². The normalized spacial score (nSPS) is 23.7. The van der Waals surface area contributed by atoms with Gasteiger partial charge in [0.1, 0.15) is 0 Å². The van der Waals surface area contributed by atoms with Crippen molar-refractivity contribution in [2.24, 2.45) is 0 Å². The molecule has 4 heteroatoms. The van der Waals surface area contributed by atoms with Crippen molar-refractivity contribution < 1.29 is 4.92 Å². The highest BCUT2D eigenvalue weighted by Crippen LogP contribution is 2.25. The van der Waals surface area contributed by atoms with Crippen molar-refractivity contribution in [3.63, 3.8) is 0 Å². The molecule has 1 aromatic rings. The molecule has 1 aliphatic rings. The molecule has 0 aliphatic heterocycles. The molecule has 4 nitrogen and oxygen atoms in total. The summed E-state index contributed by atoms with van der Waals surface area (Å²) >= 11 is 0. The third-order valence-corrected chi connectivity index (χ3v) is 3.57. The lowest BCUT2D eigenvalue weighted by Gasteiger charge is -2.27. The fraction of sp³-hybridized carbons (Fsp3) is 0.571. The summed E-state index contributed by atoms with van der Waals surface area (Å²) in [5.74, 6) is 0. The van der Waals surface area contributed by atoms with Crippen LogP contribution in [0.3, 0.4) is 0 Å². The summed E-state index contributed by atoms with van der Waals surface area (Å²) in [6.07, 6.45) is 3.62. The molecule has 0 radical (unpaired) electrons. The molecule has 0 amide bonds. The van der Waals surface area contributed by atoms with Gasteiger partial charge in [0.05, 0.1) is 6.04 Å². The summed E-state index contributed by atoms with van der Waals surface area (Å²) in [4.78, 5) is 10.9. The summed E-state index contributed by atoms with van der Waals surface area (Å²) in [6, 6.07) is 5.74. The number of rotatable bonds is 3. The lowest BCUT2D eigenvalue weighted by atomic mass is 9.90. The van der Waals surface area contributed by atoms with Crippen LogP contribution in [0.1, 0.15) is 36.8 Å². The molecule has 1 N–H and O–H groups in total. The maximum atomic E-state index is 11.1. The molecule has 0 aromatic heterocycles. The first-order valence-electron chi connectivity index (χ1n) is 6.54. The number of benzene rings is 1. The van der Waals surface area contributed by atoms with Crippen molar-refractivity contribution in [3.05, 3.63) is 39.4 Å². The highest BCUT2D eigenvalue weighted by Gasteiger charge is 2.33. The van der Waals surface area contributed by atoms with Gasteiger partial charge in [-0.15, -0.1) is 0 Å². The summed E-state index contributed by atoms with van der Waals surface area (Å²) in [5, 5.41) is 14.4. The van der Waals surface area contributed by atoms with E-state index >= 15 is 0 Å². The van der Waals surface area contributed by atoms with Crippen molar-refractivity contribution in [3.8, 4) is 0 Å². The van der Waals surface area contributed by atoms with E-state index in [0.29, 0.717) is 6.42 Å². The standard InChI is InChI=1S/C14H20N2O2/c1-10-7-11(2)9-12(8-10)15-13-5-3-4-6-14(13)16(17)18/h7-9,13-15H,3-6H2,1-2H3/t13-,14-/m1/s1. The van der Waals surface area contributed by atoms with E-state index < -0.39 is 6.04 Å². The summed E-state index contributed by atoms with van der Waals surface area (Å²) < 4.78 is 0. The second-order valence-electron chi connectivity index (χ2n) is 5.26. The zero-order chi connectivity index (χ0) is 13.1. The van der Waals surface area contributed by atoms with E-state index in [1.54, 1.807) is 0 Å². The lowest BCUT2D eigenvalue weighted by molar-refractivity contribution is -0.527. The highest BCUT2D eigenvalue weighted by atomic mass is 16.6. The van der Waals surface area contributed by atoms with Gasteiger partial charge >= 0.3 is 0 Å². The quantitative estimate of drug-likeness (QED) is 0.659. The SMILES string of the molecule is Cc1cc(C)cc(N[C@@H]2CCCC[C@H]2[N+](=O)[O-])c1. The Morgan fingerprint density at radius 3 is 2.39 bits per heavy atom. The molecule has 1 saturated carbocycles. The van der Waals surface area contributed by atoms with Crippen molar-refractivity contribution in [1.29, 1.82) is 0 Å². The first kappa shape index (κ1) is 12.9. The van der Waals surface area contributed by atoms with Crippen LogP contribution in [0, 0.1) is 24.0 Å². The average Bonchev–Trinajstić information content (AvgIpc) is 2.27. The van der Waals surface area contributed by atoms with Gasteiger partial charge in [-0.25, -0.2) is 0 Å². The minimum absolute atomic E-state index is 0.0325. The van der Waals surface area contributed by atoms with Crippen LogP contribution in [0.5, 0.6) is 0 Å². The van der Waals surface area contributed by atoms with Crippen molar-refractivity contribution >= 4 is 5.69 Å². The van der Waals surface area contributed by atoms with Gasteiger partial charge in [0.2, 0.25) is 6.04 Å². The predicted octanol–water partition coefficient (Wildman–Crippen LogP) is 3.30. The van der Waals surface area contributed by atoms with Crippen LogP contribution >= 0.6 is 0 Å². The molecule has 1 fully saturated rings. The van der Waals surface area contributed by atoms with Gasteiger partial charge in [-0.3, -0.25) is 10.1 Å². The van der Waals surface area contributed by atoms with Gasteiger partial charge in [0, 0.05) is 17.0 Å². The van der Waals surface area contributed by atoms with E-state index in [1.807, 2.05) is 13.8 Å². The number of nitro groups is 1. The number of hydrogen-bond donors (Lipinski definition) is 1. The van der Waals surface area contributed by atoms with Crippen LogP contribution in [0.2, 0.25) is 0 Å². The Hall–Kier alpha value is -1.58. The Morgan fingerprint density at radius 1 is 1.17 bits per heavy atom. The predicted molar refractivity (Wildman–Crippen MR) is 72.6 cm³/mol. The van der Waals surface area contributed by atoms with Gasteiger partial charge in [0.25, 0.3) is 0 Å². The number of hydrogen-bond acceptors (Lipinski definition) is 3. The van der Waals surface area contributed by atoms with E-state index in [9.17, 15) is 10.1 Å². The first-order valence-corrected chi connectivity index (χ1v) is 6.54. The molecule has 2 atom stereocenters. The summed E-state index contributed by atoms with van der Waals surface area (Å²) in [7, 11) is 0. The molecular formula is C14H20N2O2. The highest BCUT2D eigenvalue weighted by molar-refractivity contribution is 5.49. The molecule has 0 saturated heterocycles. The number of nitrogens with one attached hydrogen (secondary N) is 1. The van der Waals surface area contributed by atoms with E-state index in [4.69, 9.17) is 0 Å².